The summed E-state index contributed by atoms with van der Waals surface area (Å²) >= 11 is 0. The van der Waals surface area contributed by atoms with Crippen molar-refractivity contribution in [2.75, 3.05) is 32.8 Å². The Morgan fingerprint density at radius 2 is 1.80 bits per heavy atom. The van der Waals surface area contributed by atoms with E-state index in [0.717, 1.165) is 17.7 Å². The van der Waals surface area contributed by atoms with E-state index in [1.54, 1.807) is 15.9 Å². The Morgan fingerprint density at radius 3 is 2.48 bits per heavy atom. The number of piperazine rings is 1. The van der Waals surface area contributed by atoms with E-state index in [0.29, 0.717) is 31.7 Å². The molecule has 25 heavy (non-hydrogen) atoms. The summed E-state index contributed by atoms with van der Waals surface area (Å²) in [5.41, 5.74) is 1.63. The number of rotatable bonds is 5. The highest BCUT2D eigenvalue weighted by atomic mass is 16.5. The predicted molar refractivity (Wildman–Crippen MR) is 92.5 cm³/mol. The Balaban J connectivity index is 1.49. The molecule has 0 atom stereocenters. The van der Waals surface area contributed by atoms with Gasteiger partial charge in [0.05, 0.1) is 11.8 Å². The molecule has 1 saturated heterocycles. The highest BCUT2D eigenvalue weighted by Crippen LogP contribution is 2.18. The first-order valence-electron chi connectivity index (χ1n) is 8.49. The maximum atomic E-state index is 12.4. The fourth-order valence-electron chi connectivity index (χ4n) is 2.90. The van der Waals surface area contributed by atoms with Gasteiger partial charge in [0, 0.05) is 26.2 Å². The zero-order valence-corrected chi connectivity index (χ0v) is 14.3. The molecule has 2 heterocycles. The van der Waals surface area contributed by atoms with E-state index >= 15 is 0 Å². The van der Waals surface area contributed by atoms with Crippen LogP contribution in [0.4, 0.5) is 0 Å². The number of para-hydroxylation sites is 1. The number of nitrogens with zero attached hydrogens (tertiary/aromatic N) is 2. The van der Waals surface area contributed by atoms with Crippen molar-refractivity contribution in [3.8, 4) is 5.75 Å². The first-order valence-corrected chi connectivity index (χ1v) is 8.49. The molecular formula is C19H22N2O4. The lowest BCUT2D eigenvalue weighted by Crippen LogP contribution is -2.51. The Bertz CT molecular complexity index is 719. The minimum Gasteiger partial charge on any atom is -0.483 e. The van der Waals surface area contributed by atoms with Gasteiger partial charge in [0.1, 0.15) is 12.0 Å². The van der Waals surface area contributed by atoms with Crippen LogP contribution in [0.25, 0.3) is 0 Å². The smallest absolute Gasteiger partial charge is 0.260 e. The average Bonchev–Trinajstić information content (AvgIpc) is 3.20. The minimum absolute atomic E-state index is 0.0205. The first kappa shape index (κ1) is 17.1. The number of ether oxygens (including phenoxy) is 1. The van der Waals surface area contributed by atoms with Crippen molar-refractivity contribution in [2.45, 2.75) is 13.3 Å². The van der Waals surface area contributed by atoms with Crippen LogP contribution in [0.1, 0.15) is 22.8 Å². The SMILES string of the molecule is CCc1ccccc1OCC(=O)N1CCN(C(=O)c2ccoc2)CC1. The maximum absolute atomic E-state index is 12.4. The number of amides is 2. The minimum atomic E-state index is -0.0611. The van der Waals surface area contributed by atoms with Gasteiger partial charge in [-0.15, -0.1) is 0 Å². The molecule has 1 aliphatic rings. The summed E-state index contributed by atoms with van der Waals surface area (Å²) in [5, 5.41) is 0. The lowest BCUT2D eigenvalue weighted by atomic mass is 10.1. The van der Waals surface area contributed by atoms with Crippen molar-refractivity contribution >= 4 is 11.8 Å². The molecule has 132 valence electrons. The predicted octanol–water partition coefficient (Wildman–Crippen LogP) is 2.21. The standard InChI is InChI=1S/C19H22N2O4/c1-2-15-5-3-4-6-17(15)25-14-18(22)20-8-10-21(11-9-20)19(23)16-7-12-24-13-16/h3-7,12-13H,2,8-11,14H2,1H3. The lowest BCUT2D eigenvalue weighted by molar-refractivity contribution is -0.134. The third-order valence-corrected chi connectivity index (χ3v) is 4.39. The quantitative estimate of drug-likeness (QED) is 0.836. The van der Waals surface area contributed by atoms with E-state index in [9.17, 15) is 9.59 Å². The molecule has 0 spiro atoms. The van der Waals surface area contributed by atoms with Crippen LogP contribution in [0.3, 0.4) is 0 Å². The second-order valence-electron chi connectivity index (χ2n) is 5.93. The summed E-state index contributed by atoms with van der Waals surface area (Å²) in [4.78, 5) is 28.1. The van der Waals surface area contributed by atoms with Crippen LogP contribution in [0, 0.1) is 0 Å². The molecule has 0 saturated carbocycles. The van der Waals surface area contributed by atoms with Gasteiger partial charge >= 0.3 is 0 Å². The molecule has 0 N–H and O–H groups in total. The van der Waals surface area contributed by atoms with E-state index < -0.39 is 0 Å². The van der Waals surface area contributed by atoms with Gasteiger partial charge in [0.15, 0.2) is 6.61 Å². The van der Waals surface area contributed by atoms with E-state index in [1.165, 1.54) is 12.5 Å². The molecule has 6 nitrogen and oxygen atoms in total. The zero-order valence-electron chi connectivity index (χ0n) is 14.3. The van der Waals surface area contributed by atoms with Crippen molar-refractivity contribution in [3.63, 3.8) is 0 Å². The molecule has 0 radical (unpaired) electrons. The van der Waals surface area contributed by atoms with Crippen LogP contribution in [0.5, 0.6) is 5.75 Å². The Kier molecular flexibility index (Phi) is 5.38. The molecule has 6 heteroatoms. The van der Waals surface area contributed by atoms with Crippen molar-refractivity contribution in [2.24, 2.45) is 0 Å². The molecule has 0 bridgehead atoms. The summed E-state index contributed by atoms with van der Waals surface area (Å²) in [6, 6.07) is 9.40. The largest absolute Gasteiger partial charge is 0.483 e. The zero-order chi connectivity index (χ0) is 17.6. The van der Waals surface area contributed by atoms with Crippen molar-refractivity contribution < 1.29 is 18.7 Å². The Morgan fingerprint density at radius 1 is 1.08 bits per heavy atom. The van der Waals surface area contributed by atoms with E-state index in [2.05, 4.69) is 6.92 Å². The summed E-state index contributed by atoms with van der Waals surface area (Å²) in [6.45, 7) is 4.14. The molecule has 1 aromatic carbocycles. The average molecular weight is 342 g/mol. The Hall–Kier alpha value is -2.76. The number of aryl methyl sites for hydroxylation is 1. The van der Waals surface area contributed by atoms with Gasteiger partial charge in [-0.2, -0.15) is 0 Å². The number of hydrogen-bond donors (Lipinski definition) is 0. The molecule has 1 aromatic heterocycles. The summed E-state index contributed by atoms with van der Waals surface area (Å²) in [5.74, 6) is 0.641. The van der Waals surface area contributed by atoms with Gasteiger partial charge in [0.25, 0.3) is 11.8 Å². The van der Waals surface area contributed by atoms with Crippen molar-refractivity contribution in [3.05, 3.63) is 54.0 Å². The van der Waals surface area contributed by atoms with Crippen molar-refractivity contribution in [1.29, 1.82) is 0 Å². The van der Waals surface area contributed by atoms with E-state index in [4.69, 9.17) is 9.15 Å². The topological polar surface area (TPSA) is 63.0 Å². The van der Waals surface area contributed by atoms with Crippen LogP contribution in [-0.4, -0.2) is 54.4 Å². The molecule has 0 aliphatic carbocycles. The second-order valence-corrected chi connectivity index (χ2v) is 5.93. The van der Waals surface area contributed by atoms with Crippen LogP contribution in [0.15, 0.2) is 47.3 Å². The summed E-state index contributed by atoms with van der Waals surface area (Å²) < 4.78 is 10.6. The van der Waals surface area contributed by atoms with Gasteiger partial charge < -0.3 is 19.0 Å². The molecule has 2 amide bonds. The van der Waals surface area contributed by atoms with Crippen LogP contribution in [0.2, 0.25) is 0 Å². The molecule has 3 rings (SSSR count). The highest BCUT2D eigenvalue weighted by molar-refractivity contribution is 5.94. The van der Waals surface area contributed by atoms with Crippen LogP contribution >= 0.6 is 0 Å². The van der Waals surface area contributed by atoms with Gasteiger partial charge in [-0.05, 0) is 24.1 Å². The highest BCUT2D eigenvalue weighted by Gasteiger charge is 2.25. The Labute approximate surface area is 147 Å². The molecule has 1 aliphatic heterocycles. The summed E-state index contributed by atoms with van der Waals surface area (Å²) in [7, 11) is 0. The normalized spacial score (nSPS) is 14.4. The number of carbonyl (C=O) groups excluding carboxylic acids is 2. The van der Waals surface area contributed by atoms with Gasteiger partial charge in [-0.3, -0.25) is 9.59 Å². The maximum Gasteiger partial charge on any atom is 0.260 e. The fraction of sp³-hybridized carbons (Fsp3) is 0.368. The second kappa shape index (κ2) is 7.88. The van der Waals surface area contributed by atoms with Crippen molar-refractivity contribution in [1.82, 2.24) is 9.80 Å². The third-order valence-electron chi connectivity index (χ3n) is 4.39. The van der Waals surface area contributed by atoms with Gasteiger partial charge in [-0.25, -0.2) is 0 Å². The molecular weight excluding hydrogens is 320 g/mol. The van der Waals surface area contributed by atoms with E-state index in [-0.39, 0.29) is 18.4 Å². The number of furan rings is 1. The lowest BCUT2D eigenvalue weighted by Gasteiger charge is -2.34. The van der Waals surface area contributed by atoms with E-state index in [1.807, 2.05) is 24.3 Å². The van der Waals surface area contributed by atoms with Gasteiger partial charge in [0.2, 0.25) is 0 Å². The number of hydrogen-bond acceptors (Lipinski definition) is 4. The monoisotopic (exact) mass is 342 g/mol. The fourth-order valence-corrected chi connectivity index (χ4v) is 2.90. The first-order chi connectivity index (χ1) is 12.2. The molecule has 0 unspecified atom stereocenters. The molecule has 2 aromatic rings. The number of carbonyl (C=O) groups is 2. The third kappa shape index (κ3) is 4.02. The molecule has 1 fully saturated rings. The van der Waals surface area contributed by atoms with Gasteiger partial charge in [-0.1, -0.05) is 25.1 Å². The summed E-state index contributed by atoms with van der Waals surface area (Å²) in [6.07, 6.45) is 3.79. The van der Waals surface area contributed by atoms with Crippen LogP contribution in [-0.2, 0) is 11.2 Å². The number of benzene rings is 1. The van der Waals surface area contributed by atoms with Crippen LogP contribution < -0.4 is 4.74 Å².